The third-order valence-electron chi connectivity index (χ3n) is 3.87. The molecule has 2 amide bonds. The maximum atomic E-state index is 12.1. The minimum absolute atomic E-state index is 0.203. The number of benzene rings is 1. The molecule has 7 heteroatoms. The summed E-state index contributed by atoms with van der Waals surface area (Å²) in [6, 6.07) is 12.6. The molecule has 2 heterocycles. The monoisotopic (exact) mass is 384 g/mol. The van der Waals surface area contributed by atoms with Crippen LogP contribution >= 0.6 is 11.3 Å². The van der Waals surface area contributed by atoms with Crippen LogP contribution in [0.5, 0.6) is 0 Å². The molecule has 3 aromatic rings. The van der Waals surface area contributed by atoms with Gasteiger partial charge in [0.15, 0.2) is 0 Å². The number of furan rings is 1. The summed E-state index contributed by atoms with van der Waals surface area (Å²) in [5.74, 6) is -0.969. The summed E-state index contributed by atoms with van der Waals surface area (Å²) in [4.78, 5) is 25.6. The van der Waals surface area contributed by atoms with E-state index in [2.05, 4.69) is 10.6 Å². The van der Waals surface area contributed by atoms with Crippen molar-refractivity contribution in [2.75, 3.05) is 5.32 Å². The van der Waals surface area contributed by atoms with Crippen LogP contribution in [0.4, 0.5) is 5.69 Å². The highest BCUT2D eigenvalue weighted by molar-refractivity contribution is 7.12. The Bertz CT molecular complexity index is 927. The van der Waals surface area contributed by atoms with E-state index in [1.54, 1.807) is 36.4 Å². The van der Waals surface area contributed by atoms with Crippen LogP contribution < -0.4 is 10.6 Å². The van der Waals surface area contributed by atoms with Gasteiger partial charge in [-0.1, -0.05) is 6.07 Å². The zero-order valence-corrected chi connectivity index (χ0v) is 15.8. The van der Waals surface area contributed by atoms with E-state index in [9.17, 15) is 14.7 Å². The van der Waals surface area contributed by atoms with E-state index in [1.165, 1.54) is 17.6 Å². The van der Waals surface area contributed by atoms with Gasteiger partial charge in [0.25, 0.3) is 0 Å². The van der Waals surface area contributed by atoms with Crippen molar-refractivity contribution in [2.45, 2.75) is 26.5 Å². The summed E-state index contributed by atoms with van der Waals surface area (Å²) in [6.45, 7) is 4.05. The van der Waals surface area contributed by atoms with Gasteiger partial charge in [0.05, 0.1) is 12.8 Å². The second kappa shape index (κ2) is 8.20. The second-order valence-corrected chi connectivity index (χ2v) is 7.44. The van der Waals surface area contributed by atoms with E-state index in [4.69, 9.17) is 4.42 Å². The zero-order chi connectivity index (χ0) is 19.4. The van der Waals surface area contributed by atoms with Crippen molar-refractivity contribution in [1.29, 1.82) is 0 Å². The molecule has 0 aliphatic carbocycles. The van der Waals surface area contributed by atoms with Gasteiger partial charge in [-0.25, -0.2) is 0 Å². The zero-order valence-electron chi connectivity index (χ0n) is 15.0. The molecular weight excluding hydrogens is 364 g/mol. The standard InChI is InChI=1S/C20H20N2O4S/c1-12-8-13(2)10-14(9-12)22-20(25)19(24)21-11-15-5-6-17(27-15)18(23)16-4-3-7-26-16/h3-10,18,23H,11H2,1-2H3,(H,21,24)(H,22,25). The Morgan fingerprint density at radius 2 is 1.85 bits per heavy atom. The Morgan fingerprint density at radius 3 is 2.52 bits per heavy atom. The molecule has 0 saturated heterocycles. The number of nitrogens with one attached hydrogen (secondary N) is 2. The normalized spacial score (nSPS) is 11.8. The van der Waals surface area contributed by atoms with Gasteiger partial charge in [0.2, 0.25) is 0 Å². The number of carbonyl (C=O) groups excluding carboxylic acids is 2. The van der Waals surface area contributed by atoms with Gasteiger partial charge < -0.3 is 20.2 Å². The smallest absolute Gasteiger partial charge is 0.313 e. The molecule has 1 unspecified atom stereocenters. The first-order chi connectivity index (χ1) is 12.9. The number of aryl methyl sites for hydroxylation is 2. The molecule has 0 aliphatic heterocycles. The van der Waals surface area contributed by atoms with Gasteiger partial charge in [-0.05, 0) is 61.4 Å². The van der Waals surface area contributed by atoms with Crippen LogP contribution in [0.15, 0.2) is 53.1 Å². The number of hydrogen-bond donors (Lipinski definition) is 3. The lowest BCUT2D eigenvalue weighted by molar-refractivity contribution is -0.136. The number of thiophene rings is 1. The number of rotatable bonds is 5. The highest BCUT2D eigenvalue weighted by Crippen LogP contribution is 2.28. The molecule has 3 rings (SSSR count). The van der Waals surface area contributed by atoms with Gasteiger partial charge in [0.1, 0.15) is 11.9 Å². The number of aliphatic hydroxyl groups excluding tert-OH is 1. The van der Waals surface area contributed by atoms with Crippen LogP contribution in [0, 0.1) is 13.8 Å². The molecule has 1 atom stereocenters. The van der Waals surface area contributed by atoms with Crippen LogP contribution in [0.25, 0.3) is 0 Å². The van der Waals surface area contributed by atoms with Crippen LogP contribution in [0.2, 0.25) is 0 Å². The molecule has 0 radical (unpaired) electrons. The lowest BCUT2D eigenvalue weighted by Gasteiger charge is -2.08. The first-order valence-electron chi connectivity index (χ1n) is 8.40. The highest BCUT2D eigenvalue weighted by Gasteiger charge is 2.17. The summed E-state index contributed by atoms with van der Waals surface area (Å²) in [5, 5.41) is 15.4. The van der Waals surface area contributed by atoms with Crippen molar-refractivity contribution in [3.8, 4) is 0 Å². The minimum atomic E-state index is -0.845. The van der Waals surface area contributed by atoms with Gasteiger partial charge in [0, 0.05) is 15.4 Å². The highest BCUT2D eigenvalue weighted by atomic mass is 32.1. The average molecular weight is 384 g/mol. The van der Waals surface area contributed by atoms with E-state index in [0.29, 0.717) is 16.3 Å². The number of hydrogen-bond acceptors (Lipinski definition) is 5. The SMILES string of the molecule is Cc1cc(C)cc(NC(=O)C(=O)NCc2ccc(C(O)c3ccco3)s2)c1. The Morgan fingerprint density at radius 1 is 1.11 bits per heavy atom. The Hall–Kier alpha value is -2.90. The molecule has 27 heavy (non-hydrogen) atoms. The van der Waals surface area contributed by atoms with Crippen LogP contribution in [-0.4, -0.2) is 16.9 Å². The fourth-order valence-electron chi connectivity index (χ4n) is 2.71. The summed E-state index contributed by atoms with van der Waals surface area (Å²) < 4.78 is 5.20. The molecule has 1 aromatic carbocycles. The second-order valence-electron chi connectivity index (χ2n) is 6.24. The summed E-state index contributed by atoms with van der Waals surface area (Å²) in [6.07, 6.45) is 0.657. The summed E-state index contributed by atoms with van der Waals surface area (Å²) in [5.41, 5.74) is 2.60. The fraction of sp³-hybridized carbons (Fsp3) is 0.200. The van der Waals surface area contributed by atoms with E-state index in [0.717, 1.165) is 16.0 Å². The average Bonchev–Trinajstić information content (AvgIpc) is 3.30. The van der Waals surface area contributed by atoms with Gasteiger partial charge in [-0.15, -0.1) is 11.3 Å². The first-order valence-corrected chi connectivity index (χ1v) is 9.21. The van der Waals surface area contributed by atoms with E-state index < -0.39 is 17.9 Å². The summed E-state index contributed by atoms with van der Waals surface area (Å²) >= 11 is 1.34. The molecule has 6 nitrogen and oxygen atoms in total. The number of carbonyl (C=O) groups is 2. The molecular formula is C20H20N2O4S. The summed E-state index contributed by atoms with van der Waals surface area (Å²) in [7, 11) is 0. The van der Waals surface area contributed by atoms with Crippen molar-refractivity contribution in [3.05, 3.63) is 75.4 Å². The number of anilines is 1. The maximum Gasteiger partial charge on any atom is 0.313 e. The van der Waals surface area contributed by atoms with E-state index in [-0.39, 0.29) is 6.54 Å². The molecule has 0 saturated carbocycles. The maximum absolute atomic E-state index is 12.1. The topological polar surface area (TPSA) is 91.6 Å². The van der Waals surface area contributed by atoms with Crippen molar-refractivity contribution in [3.63, 3.8) is 0 Å². The quantitative estimate of drug-likeness (QED) is 0.589. The van der Waals surface area contributed by atoms with Crippen molar-refractivity contribution < 1.29 is 19.1 Å². The molecule has 0 bridgehead atoms. The third kappa shape index (κ3) is 4.84. The lowest BCUT2D eigenvalue weighted by atomic mass is 10.1. The van der Waals surface area contributed by atoms with Gasteiger partial charge in [-0.3, -0.25) is 9.59 Å². The Labute approximate surface area is 160 Å². The van der Waals surface area contributed by atoms with Gasteiger partial charge >= 0.3 is 11.8 Å². The molecule has 0 fully saturated rings. The minimum Gasteiger partial charge on any atom is -0.466 e. The van der Waals surface area contributed by atoms with Crippen molar-refractivity contribution in [2.24, 2.45) is 0 Å². The van der Waals surface area contributed by atoms with Crippen LogP contribution in [-0.2, 0) is 16.1 Å². The predicted molar refractivity (Wildman–Crippen MR) is 103 cm³/mol. The van der Waals surface area contributed by atoms with Crippen molar-refractivity contribution in [1.82, 2.24) is 5.32 Å². The van der Waals surface area contributed by atoms with Crippen LogP contribution in [0.3, 0.4) is 0 Å². The van der Waals surface area contributed by atoms with Gasteiger partial charge in [-0.2, -0.15) is 0 Å². The van der Waals surface area contributed by atoms with E-state index >= 15 is 0 Å². The Kier molecular flexibility index (Phi) is 5.73. The molecule has 3 N–H and O–H groups in total. The largest absolute Gasteiger partial charge is 0.466 e. The molecule has 0 aliphatic rings. The first kappa shape index (κ1) is 18.9. The van der Waals surface area contributed by atoms with Crippen LogP contribution in [0.1, 0.15) is 32.7 Å². The predicted octanol–water partition coefficient (Wildman–Crippen LogP) is 3.29. The third-order valence-corrected chi connectivity index (χ3v) is 5.01. The Balaban J connectivity index is 1.55. The molecule has 2 aromatic heterocycles. The lowest BCUT2D eigenvalue weighted by Crippen LogP contribution is -2.34. The number of amides is 2. The molecule has 140 valence electrons. The molecule has 0 spiro atoms. The van der Waals surface area contributed by atoms with E-state index in [1.807, 2.05) is 19.9 Å². The van der Waals surface area contributed by atoms with Crippen molar-refractivity contribution >= 4 is 28.8 Å². The number of aliphatic hydroxyl groups is 1. The fourth-order valence-corrected chi connectivity index (χ4v) is 3.65.